The molecule has 0 aromatic rings. The van der Waals surface area contributed by atoms with E-state index < -0.39 is 11.7 Å². The average molecular weight is 493 g/mol. The van der Waals surface area contributed by atoms with Gasteiger partial charge in [0.2, 0.25) is 0 Å². The first-order valence-electron chi connectivity index (χ1n) is 9.50. The highest BCUT2D eigenvalue weighted by molar-refractivity contribution is 8.21. The first-order valence-corrected chi connectivity index (χ1v) is 13.2. The number of piperidine rings is 1. The summed E-state index contributed by atoms with van der Waals surface area (Å²) >= 11 is 4.26. The van der Waals surface area contributed by atoms with Gasteiger partial charge >= 0.3 is 6.09 Å². The Balaban J connectivity index is 0.000000809. The van der Waals surface area contributed by atoms with E-state index in [-0.39, 0.29) is 17.4 Å². The number of hydrogen-bond donors (Lipinski definition) is 1. The second-order valence-corrected chi connectivity index (χ2v) is 9.97. The number of amides is 1. The summed E-state index contributed by atoms with van der Waals surface area (Å²) in [5.41, 5.74) is -0.230. The van der Waals surface area contributed by atoms with Gasteiger partial charge in [0, 0.05) is 19.1 Å². The van der Waals surface area contributed by atoms with Gasteiger partial charge in [0.25, 0.3) is 11.4 Å². The van der Waals surface area contributed by atoms with E-state index in [0.717, 1.165) is 23.6 Å². The van der Waals surface area contributed by atoms with Crippen molar-refractivity contribution in [3.8, 4) is 12.1 Å². The Morgan fingerprint density at radius 1 is 1.09 bits per heavy atom. The van der Waals surface area contributed by atoms with Gasteiger partial charge in [-0.15, -0.1) is 35.3 Å². The molecule has 172 valence electrons. The van der Waals surface area contributed by atoms with Crippen molar-refractivity contribution in [2.24, 2.45) is 0 Å². The van der Waals surface area contributed by atoms with Crippen molar-refractivity contribution in [2.75, 3.05) is 31.9 Å². The van der Waals surface area contributed by atoms with Crippen LogP contribution in [0.3, 0.4) is 0 Å². The van der Waals surface area contributed by atoms with Crippen LogP contribution in [0.4, 0.5) is 4.79 Å². The van der Waals surface area contributed by atoms with Crippen molar-refractivity contribution >= 4 is 41.4 Å². The molecule has 8 nitrogen and oxygen atoms in total. The minimum absolute atomic E-state index is 0.0450. The minimum atomic E-state index is -0.527. The number of nitriles is 2. The minimum Gasteiger partial charge on any atom is -0.444 e. The van der Waals surface area contributed by atoms with Crippen molar-refractivity contribution < 1.29 is 9.53 Å². The van der Waals surface area contributed by atoms with Crippen LogP contribution < -0.4 is 5.32 Å². The fourth-order valence-electron chi connectivity index (χ4n) is 2.64. The molecule has 0 radical (unpaired) electrons. The number of ether oxygens (including phenoxy) is 1. The molecule has 1 aliphatic rings. The lowest BCUT2D eigenvalue weighted by molar-refractivity contribution is 0.0482. The number of carbonyl (C=O) groups is 1. The summed E-state index contributed by atoms with van der Waals surface area (Å²) in [6.07, 6.45) is 6.88. The van der Waals surface area contributed by atoms with Gasteiger partial charge in [-0.25, -0.2) is 25.0 Å². The topological polar surface area (TPSA) is 97.9 Å². The molecule has 1 saturated heterocycles. The van der Waals surface area contributed by atoms with Crippen LogP contribution >= 0.6 is 35.3 Å². The number of alkyl carbamates (subject to hydrolysis) is 1. The molecule has 0 spiro atoms. The number of thioether (sulfide) groups is 3. The molecular formula is C21H28N6O2S3. The molecule has 0 unspecified atom stereocenters. The highest BCUT2D eigenvalue weighted by atomic mass is 32.2. The SMILES string of the molecule is [C-]#[N+]/C(C#N)=C(/SC)N1CCC[C@@H](NC(=O)OC(C)(C)C)C1.[C-]#[N+]C(C#N)=C(SC)SC. The molecule has 0 aromatic carbocycles. The van der Waals surface area contributed by atoms with E-state index in [2.05, 4.69) is 15.0 Å². The Kier molecular flexibility index (Phi) is 14.2. The third-order valence-electron chi connectivity index (χ3n) is 3.82. The first-order chi connectivity index (χ1) is 15.1. The second kappa shape index (κ2) is 15.4. The lowest BCUT2D eigenvalue weighted by Crippen LogP contribution is -2.48. The summed E-state index contributed by atoms with van der Waals surface area (Å²) in [5, 5.41) is 21.0. The quantitative estimate of drug-likeness (QED) is 0.409. The van der Waals surface area contributed by atoms with Crippen LogP contribution in [0.1, 0.15) is 33.6 Å². The van der Waals surface area contributed by atoms with Gasteiger partial charge in [0.1, 0.15) is 5.60 Å². The van der Waals surface area contributed by atoms with Crippen LogP contribution in [0, 0.1) is 35.8 Å². The van der Waals surface area contributed by atoms with Crippen LogP contribution in [0.5, 0.6) is 0 Å². The number of rotatable bonds is 5. The molecule has 1 aliphatic heterocycles. The van der Waals surface area contributed by atoms with Gasteiger partial charge in [-0.1, -0.05) is 0 Å². The molecule has 1 heterocycles. The maximum atomic E-state index is 11.8. The van der Waals surface area contributed by atoms with Gasteiger partial charge in [-0.05, 0) is 52.4 Å². The standard InChI is InChI=1S/C15H22N4O2S.C6H6N2S2/c1-15(2,3)21-14(20)18-11-7-6-8-19(10-11)13(22-5)12(9-16)17-4;1-8-5(4-7)6(9-2)10-3/h11H,6-8,10H2,1-3,5H3,(H,18,20);2-3H3/b13-12+;/t11-;/m1./s1. The van der Waals surface area contributed by atoms with E-state index in [1.54, 1.807) is 0 Å². The lowest BCUT2D eigenvalue weighted by Gasteiger charge is -2.36. The third-order valence-corrected chi connectivity index (χ3v) is 6.79. The zero-order valence-corrected chi connectivity index (χ0v) is 21.6. The van der Waals surface area contributed by atoms with E-state index in [0.29, 0.717) is 11.6 Å². The predicted octanol–water partition coefficient (Wildman–Crippen LogP) is 5.27. The molecule has 1 atom stereocenters. The number of nitrogens with one attached hydrogen (secondary N) is 1. The van der Waals surface area contributed by atoms with Crippen LogP contribution in [-0.4, -0.2) is 54.5 Å². The van der Waals surface area contributed by atoms with Gasteiger partial charge in [-0.2, -0.15) is 0 Å². The molecule has 1 N–H and O–H groups in total. The molecule has 1 amide bonds. The van der Waals surface area contributed by atoms with E-state index in [1.807, 2.05) is 56.6 Å². The maximum Gasteiger partial charge on any atom is 0.407 e. The zero-order valence-electron chi connectivity index (χ0n) is 19.2. The van der Waals surface area contributed by atoms with Crippen molar-refractivity contribution in [3.05, 3.63) is 43.5 Å². The van der Waals surface area contributed by atoms with Crippen LogP contribution in [-0.2, 0) is 4.74 Å². The zero-order chi connectivity index (χ0) is 24.7. The van der Waals surface area contributed by atoms with Gasteiger partial charge in [0.15, 0.2) is 0 Å². The summed E-state index contributed by atoms with van der Waals surface area (Å²) in [5.74, 6) is 0. The van der Waals surface area contributed by atoms with Crippen molar-refractivity contribution in [3.63, 3.8) is 0 Å². The van der Waals surface area contributed by atoms with Gasteiger partial charge < -0.3 is 15.0 Å². The molecule has 11 heteroatoms. The number of allylic oxidation sites excluding steroid dienone is 2. The molecule has 1 fully saturated rings. The molecule has 0 aliphatic carbocycles. The van der Waals surface area contributed by atoms with Crippen LogP contribution in [0.2, 0.25) is 0 Å². The lowest BCUT2D eigenvalue weighted by atomic mass is 10.1. The van der Waals surface area contributed by atoms with Crippen molar-refractivity contribution in [1.82, 2.24) is 10.2 Å². The Hall–Kier alpha value is -2.44. The van der Waals surface area contributed by atoms with E-state index in [1.165, 1.54) is 35.3 Å². The normalized spacial score (nSPS) is 15.8. The van der Waals surface area contributed by atoms with Crippen molar-refractivity contribution in [2.45, 2.75) is 45.3 Å². The fraction of sp³-hybridized carbons (Fsp3) is 0.571. The Labute approximate surface area is 204 Å². The molecule has 1 rings (SSSR count). The summed E-state index contributed by atoms with van der Waals surface area (Å²) in [4.78, 5) is 20.2. The summed E-state index contributed by atoms with van der Waals surface area (Å²) in [6, 6.07) is 3.73. The smallest absolute Gasteiger partial charge is 0.407 e. The fourth-order valence-corrected chi connectivity index (χ4v) is 4.59. The summed E-state index contributed by atoms with van der Waals surface area (Å²) in [6.45, 7) is 20.5. The molecule has 32 heavy (non-hydrogen) atoms. The molecular weight excluding hydrogens is 464 g/mol. The number of likely N-dealkylation sites (tertiary alicyclic amines) is 1. The van der Waals surface area contributed by atoms with Crippen molar-refractivity contribution in [1.29, 1.82) is 10.5 Å². The van der Waals surface area contributed by atoms with E-state index >= 15 is 0 Å². The monoisotopic (exact) mass is 492 g/mol. The molecule has 0 aromatic heterocycles. The third kappa shape index (κ3) is 10.7. The Bertz CT molecular complexity index is 844. The number of nitrogens with zero attached hydrogens (tertiary/aromatic N) is 5. The number of hydrogen-bond acceptors (Lipinski definition) is 8. The van der Waals surface area contributed by atoms with Crippen LogP contribution in [0.25, 0.3) is 9.69 Å². The largest absolute Gasteiger partial charge is 0.444 e. The van der Waals surface area contributed by atoms with Gasteiger partial charge in [-0.3, -0.25) is 0 Å². The van der Waals surface area contributed by atoms with E-state index in [4.69, 9.17) is 28.4 Å². The summed E-state index contributed by atoms with van der Waals surface area (Å²) < 4.78 is 6.06. The highest BCUT2D eigenvalue weighted by Gasteiger charge is 2.26. The first kappa shape index (κ1) is 29.6. The highest BCUT2D eigenvalue weighted by Crippen LogP contribution is 2.28. The average Bonchev–Trinajstić information content (AvgIpc) is 2.74. The molecule has 0 saturated carbocycles. The van der Waals surface area contributed by atoms with Gasteiger partial charge in [0.05, 0.1) is 34.5 Å². The van der Waals surface area contributed by atoms with E-state index in [9.17, 15) is 4.79 Å². The Morgan fingerprint density at radius 2 is 1.66 bits per heavy atom. The molecule has 0 bridgehead atoms. The maximum absolute atomic E-state index is 11.8. The predicted molar refractivity (Wildman–Crippen MR) is 133 cm³/mol. The second-order valence-electron chi connectivity index (χ2n) is 7.28. The van der Waals surface area contributed by atoms with Crippen LogP contribution in [0.15, 0.2) is 20.7 Å². The summed E-state index contributed by atoms with van der Waals surface area (Å²) in [7, 11) is 0. The number of carbonyl (C=O) groups excluding carboxylic acids is 1. The Morgan fingerprint density at radius 3 is 2.03 bits per heavy atom.